The fourth-order valence-electron chi connectivity index (χ4n) is 4.69. The first-order valence-corrected chi connectivity index (χ1v) is 13.5. The molecule has 232 valence electrons. The topological polar surface area (TPSA) is 82.1 Å². The van der Waals surface area contributed by atoms with Gasteiger partial charge in [0.15, 0.2) is 0 Å². The normalized spacial score (nSPS) is 18.9. The number of nitrogens with one attached hydrogen (secondary N) is 1. The number of ether oxygens (including phenoxy) is 1. The van der Waals surface area contributed by atoms with E-state index >= 15 is 0 Å². The van der Waals surface area contributed by atoms with Gasteiger partial charge in [-0.05, 0) is 49.9 Å². The average Bonchev–Trinajstić information content (AvgIpc) is 2.94. The molecule has 0 saturated carbocycles. The van der Waals surface area contributed by atoms with Crippen LogP contribution in [0, 0.1) is 5.92 Å². The molecule has 0 radical (unpaired) electrons. The Morgan fingerprint density at radius 2 is 1.81 bits per heavy atom. The summed E-state index contributed by atoms with van der Waals surface area (Å²) in [7, 11) is 1.79. The minimum absolute atomic E-state index is 0.132. The lowest BCUT2D eigenvalue weighted by Gasteiger charge is -2.34. The maximum Gasteiger partial charge on any atom is 0.416 e. The molecule has 13 heteroatoms. The number of benzene rings is 2. The third kappa shape index (κ3) is 9.62. The first kappa shape index (κ1) is 33.2. The molecule has 1 aliphatic rings. The van der Waals surface area contributed by atoms with Crippen molar-refractivity contribution in [3.05, 3.63) is 59.2 Å². The van der Waals surface area contributed by atoms with Crippen molar-refractivity contribution in [2.24, 2.45) is 5.92 Å². The van der Waals surface area contributed by atoms with E-state index in [9.17, 15) is 41.0 Å². The molecule has 0 aliphatic carbocycles. The number of alkyl halides is 6. The quantitative estimate of drug-likeness (QED) is 0.382. The lowest BCUT2D eigenvalue weighted by atomic mass is 10.0. The molecule has 2 aromatic rings. The summed E-state index contributed by atoms with van der Waals surface area (Å²) in [4.78, 5) is 28.8. The fraction of sp³-hybridized carbons (Fsp3) is 0.517. The van der Waals surface area contributed by atoms with Crippen LogP contribution in [0.1, 0.15) is 43.4 Å². The van der Waals surface area contributed by atoms with Crippen molar-refractivity contribution in [3.8, 4) is 5.75 Å². The van der Waals surface area contributed by atoms with E-state index in [1.807, 2.05) is 11.8 Å². The smallest absolute Gasteiger partial charge is 0.416 e. The van der Waals surface area contributed by atoms with E-state index in [-0.39, 0.29) is 37.1 Å². The number of likely N-dealkylation sites (N-methyl/N-ethyl adjacent to an activating group) is 1. The van der Waals surface area contributed by atoms with Crippen molar-refractivity contribution < 1.29 is 45.8 Å². The number of anilines is 1. The van der Waals surface area contributed by atoms with Gasteiger partial charge in [0, 0.05) is 43.2 Å². The molecule has 0 aromatic heterocycles. The summed E-state index contributed by atoms with van der Waals surface area (Å²) >= 11 is 0. The number of carbonyl (C=O) groups excluding carboxylic acids is 2. The standard InChI is InChI=1S/C29H35F6N3O4/c1-18-14-38(19(2)17-39)27(41)13-21-12-23(36-26(40)10-11-28(30,31)32)8-9-24(21)42-25(18)16-37(3)15-20-4-6-22(7-5-20)29(33,34)35/h4-9,12,18-19,25,39H,10-11,13-17H2,1-3H3,(H,36,40)/t18-,19-,25-/m0/s1. The maximum absolute atomic E-state index is 13.3. The molecule has 2 N–H and O–H groups in total. The predicted octanol–water partition coefficient (Wildman–Crippen LogP) is 5.27. The molecule has 0 spiro atoms. The molecule has 3 rings (SSSR count). The van der Waals surface area contributed by atoms with Gasteiger partial charge in [0.05, 0.1) is 31.1 Å². The number of amides is 2. The zero-order valence-corrected chi connectivity index (χ0v) is 23.6. The van der Waals surface area contributed by atoms with Gasteiger partial charge in [-0.25, -0.2) is 0 Å². The summed E-state index contributed by atoms with van der Waals surface area (Å²) in [5.74, 6) is -0.998. The van der Waals surface area contributed by atoms with E-state index in [1.54, 1.807) is 24.9 Å². The van der Waals surface area contributed by atoms with Crippen LogP contribution in [0.3, 0.4) is 0 Å². The summed E-state index contributed by atoms with van der Waals surface area (Å²) in [5.41, 5.74) is 0.547. The second-order valence-corrected chi connectivity index (χ2v) is 10.8. The molecule has 0 saturated heterocycles. The van der Waals surface area contributed by atoms with Crippen LogP contribution in [0.2, 0.25) is 0 Å². The Bertz CT molecular complexity index is 1220. The monoisotopic (exact) mass is 603 g/mol. The van der Waals surface area contributed by atoms with E-state index in [0.717, 1.165) is 12.1 Å². The molecular weight excluding hydrogens is 568 g/mol. The summed E-state index contributed by atoms with van der Waals surface area (Å²) in [6.45, 7) is 4.24. The highest BCUT2D eigenvalue weighted by molar-refractivity contribution is 5.91. The summed E-state index contributed by atoms with van der Waals surface area (Å²) in [6, 6.07) is 8.88. The van der Waals surface area contributed by atoms with Crippen LogP contribution in [-0.2, 0) is 28.7 Å². The number of nitrogens with zero attached hydrogens (tertiary/aromatic N) is 2. The minimum Gasteiger partial charge on any atom is -0.488 e. The van der Waals surface area contributed by atoms with Crippen molar-refractivity contribution in [1.29, 1.82) is 0 Å². The van der Waals surface area contributed by atoms with Gasteiger partial charge in [0.1, 0.15) is 11.9 Å². The van der Waals surface area contributed by atoms with E-state index in [1.165, 1.54) is 24.3 Å². The molecule has 2 aromatic carbocycles. The molecule has 42 heavy (non-hydrogen) atoms. The Kier molecular flexibility index (Phi) is 10.9. The van der Waals surface area contributed by atoms with Gasteiger partial charge >= 0.3 is 12.4 Å². The number of hydrogen-bond acceptors (Lipinski definition) is 5. The summed E-state index contributed by atoms with van der Waals surface area (Å²) in [6.07, 6.45) is -11.5. The number of carbonyl (C=O) groups is 2. The van der Waals surface area contributed by atoms with Crippen LogP contribution in [0.5, 0.6) is 5.75 Å². The Morgan fingerprint density at radius 1 is 1.14 bits per heavy atom. The van der Waals surface area contributed by atoms with E-state index in [4.69, 9.17) is 4.74 Å². The van der Waals surface area contributed by atoms with Crippen molar-refractivity contribution in [1.82, 2.24) is 9.80 Å². The number of rotatable bonds is 9. The first-order chi connectivity index (χ1) is 19.6. The van der Waals surface area contributed by atoms with E-state index in [0.29, 0.717) is 30.0 Å². The zero-order chi connectivity index (χ0) is 31.2. The van der Waals surface area contributed by atoms with E-state index in [2.05, 4.69) is 5.32 Å². The second kappa shape index (κ2) is 13.8. The minimum atomic E-state index is -4.47. The van der Waals surface area contributed by atoms with E-state index < -0.39 is 48.8 Å². The van der Waals surface area contributed by atoms with Gasteiger partial charge < -0.3 is 20.1 Å². The first-order valence-electron chi connectivity index (χ1n) is 13.5. The molecule has 1 heterocycles. The average molecular weight is 604 g/mol. The van der Waals surface area contributed by atoms with Crippen LogP contribution >= 0.6 is 0 Å². The number of halogens is 6. The summed E-state index contributed by atoms with van der Waals surface area (Å²) in [5, 5.41) is 12.2. The van der Waals surface area contributed by atoms with Gasteiger partial charge in [-0.1, -0.05) is 19.1 Å². The third-order valence-electron chi connectivity index (χ3n) is 7.06. The largest absolute Gasteiger partial charge is 0.488 e. The maximum atomic E-state index is 13.3. The van der Waals surface area contributed by atoms with Gasteiger partial charge in [0.2, 0.25) is 11.8 Å². The van der Waals surface area contributed by atoms with Crippen LogP contribution in [0.15, 0.2) is 42.5 Å². The Balaban J connectivity index is 1.83. The Morgan fingerprint density at radius 3 is 2.40 bits per heavy atom. The molecule has 0 fully saturated rings. The van der Waals surface area contributed by atoms with Crippen LogP contribution in [0.4, 0.5) is 32.0 Å². The fourth-order valence-corrected chi connectivity index (χ4v) is 4.69. The zero-order valence-electron chi connectivity index (χ0n) is 23.6. The Hall–Kier alpha value is -3.32. The molecule has 3 atom stereocenters. The molecule has 2 amide bonds. The molecule has 1 aliphatic heterocycles. The van der Waals surface area contributed by atoms with Gasteiger partial charge in [0.25, 0.3) is 0 Å². The number of fused-ring (bicyclic) bond motifs is 1. The molecular formula is C29H35F6N3O4. The second-order valence-electron chi connectivity index (χ2n) is 10.8. The van der Waals surface area contributed by atoms with Crippen molar-refractivity contribution in [3.63, 3.8) is 0 Å². The number of hydrogen-bond donors (Lipinski definition) is 2. The third-order valence-corrected chi connectivity index (χ3v) is 7.06. The highest BCUT2D eigenvalue weighted by Crippen LogP contribution is 2.31. The number of aliphatic hydroxyl groups excluding tert-OH is 1. The lowest BCUT2D eigenvalue weighted by Crippen LogP contribution is -2.47. The highest BCUT2D eigenvalue weighted by atomic mass is 19.4. The van der Waals surface area contributed by atoms with Gasteiger partial charge in [-0.3, -0.25) is 14.5 Å². The lowest BCUT2D eigenvalue weighted by molar-refractivity contribution is -0.142. The van der Waals surface area contributed by atoms with Gasteiger partial charge in [-0.2, -0.15) is 26.3 Å². The van der Waals surface area contributed by atoms with Crippen molar-refractivity contribution in [2.75, 3.05) is 32.1 Å². The predicted molar refractivity (Wildman–Crippen MR) is 144 cm³/mol. The highest BCUT2D eigenvalue weighted by Gasteiger charge is 2.32. The van der Waals surface area contributed by atoms with Gasteiger partial charge in [-0.15, -0.1) is 0 Å². The van der Waals surface area contributed by atoms with Crippen LogP contribution in [0.25, 0.3) is 0 Å². The van der Waals surface area contributed by atoms with Crippen molar-refractivity contribution in [2.45, 2.75) is 64.2 Å². The van der Waals surface area contributed by atoms with Crippen LogP contribution < -0.4 is 10.1 Å². The molecule has 0 unspecified atom stereocenters. The SMILES string of the molecule is C[C@H]1CN([C@@H](C)CO)C(=O)Cc2cc(NC(=O)CCC(F)(F)F)ccc2O[C@H]1CN(C)Cc1ccc(C(F)(F)F)cc1. The van der Waals surface area contributed by atoms with Crippen molar-refractivity contribution >= 4 is 17.5 Å². The molecule has 7 nitrogen and oxygen atoms in total. The molecule has 0 bridgehead atoms. The number of aliphatic hydroxyl groups is 1. The summed E-state index contributed by atoms with van der Waals surface area (Å²) < 4.78 is 82.7. The Labute approximate surface area is 240 Å². The van der Waals surface area contributed by atoms with Crippen LogP contribution in [-0.4, -0.2) is 71.8 Å².